The molecule has 3 rings (SSSR count). The number of hydrogen-bond donors (Lipinski definition) is 1. The summed E-state index contributed by atoms with van der Waals surface area (Å²) in [5.41, 5.74) is 5.07. The number of halogens is 1. The second-order valence-electron chi connectivity index (χ2n) is 5.31. The number of fused-ring (bicyclic) bond motifs is 1. The van der Waals surface area contributed by atoms with E-state index < -0.39 is 6.10 Å². The van der Waals surface area contributed by atoms with Gasteiger partial charge in [-0.3, -0.25) is 0 Å². The van der Waals surface area contributed by atoms with E-state index >= 15 is 0 Å². The Morgan fingerprint density at radius 2 is 1.95 bits per heavy atom. The summed E-state index contributed by atoms with van der Waals surface area (Å²) in [6, 6.07) is 10.6. The Morgan fingerprint density at radius 3 is 2.75 bits per heavy atom. The van der Waals surface area contributed by atoms with E-state index in [1.807, 2.05) is 25.1 Å². The molecule has 3 heteroatoms. The monoisotopic (exact) mass is 272 g/mol. The van der Waals surface area contributed by atoms with Crippen LogP contribution in [0.5, 0.6) is 0 Å². The van der Waals surface area contributed by atoms with Gasteiger partial charge in [0.15, 0.2) is 0 Å². The summed E-state index contributed by atoms with van der Waals surface area (Å²) in [5.74, 6) is -0.240. The topological polar surface area (TPSA) is 29.5 Å². The van der Waals surface area contributed by atoms with Crippen molar-refractivity contribution >= 4 is 0 Å². The average molecular weight is 272 g/mol. The highest BCUT2D eigenvalue weighted by molar-refractivity contribution is 5.35. The van der Waals surface area contributed by atoms with Gasteiger partial charge in [-0.05, 0) is 46.9 Å². The van der Waals surface area contributed by atoms with Gasteiger partial charge >= 0.3 is 0 Å². The quantitative estimate of drug-likeness (QED) is 0.927. The smallest absolute Gasteiger partial charge is 0.123 e. The van der Waals surface area contributed by atoms with E-state index in [1.165, 1.54) is 17.7 Å². The van der Waals surface area contributed by atoms with Crippen LogP contribution in [0.25, 0.3) is 0 Å². The highest BCUT2D eigenvalue weighted by Gasteiger charge is 2.15. The van der Waals surface area contributed by atoms with Crippen molar-refractivity contribution in [2.45, 2.75) is 32.7 Å². The van der Waals surface area contributed by atoms with Crippen molar-refractivity contribution in [1.29, 1.82) is 0 Å². The van der Waals surface area contributed by atoms with E-state index in [1.54, 1.807) is 6.07 Å². The molecule has 1 heterocycles. The van der Waals surface area contributed by atoms with E-state index in [-0.39, 0.29) is 5.82 Å². The van der Waals surface area contributed by atoms with Crippen LogP contribution >= 0.6 is 0 Å². The lowest BCUT2D eigenvalue weighted by Gasteiger charge is -2.14. The molecule has 0 fully saturated rings. The number of aliphatic hydroxyl groups excluding tert-OH is 1. The van der Waals surface area contributed by atoms with Crippen molar-refractivity contribution in [2.24, 2.45) is 0 Å². The van der Waals surface area contributed by atoms with Crippen LogP contribution in [0.1, 0.15) is 33.9 Å². The summed E-state index contributed by atoms with van der Waals surface area (Å²) in [7, 11) is 0. The summed E-state index contributed by atoms with van der Waals surface area (Å²) in [6.45, 7) is 3.13. The zero-order valence-electron chi connectivity index (χ0n) is 11.4. The summed E-state index contributed by atoms with van der Waals surface area (Å²) in [5, 5.41) is 10.4. The molecule has 20 heavy (non-hydrogen) atoms. The van der Waals surface area contributed by atoms with E-state index in [2.05, 4.69) is 0 Å². The lowest BCUT2D eigenvalue weighted by molar-refractivity contribution is 0.134. The molecule has 0 saturated heterocycles. The number of rotatable bonds is 3. The van der Waals surface area contributed by atoms with E-state index in [0.717, 1.165) is 22.3 Å². The Balaban J connectivity index is 1.80. The molecule has 0 radical (unpaired) electrons. The Bertz CT molecular complexity index is 637. The molecule has 0 bridgehead atoms. The number of benzene rings is 2. The van der Waals surface area contributed by atoms with Gasteiger partial charge in [-0.25, -0.2) is 4.39 Å². The Kier molecular flexibility index (Phi) is 3.55. The lowest BCUT2D eigenvalue weighted by Crippen LogP contribution is -2.04. The molecule has 0 amide bonds. The minimum absolute atomic E-state index is 0.240. The van der Waals surface area contributed by atoms with Crippen molar-refractivity contribution in [1.82, 2.24) is 0 Å². The molecule has 0 aliphatic carbocycles. The highest BCUT2D eigenvalue weighted by Crippen LogP contribution is 2.26. The van der Waals surface area contributed by atoms with E-state index in [0.29, 0.717) is 19.6 Å². The average Bonchev–Trinajstić information content (AvgIpc) is 2.89. The van der Waals surface area contributed by atoms with Crippen LogP contribution in [0.2, 0.25) is 0 Å². The van der Waals surface area contributed by atoms with Crippen molar-refractivity contribution < 1.29 is 14.2 Å². The second-order valence-corrected chi connectivity index (χ2v) is 5.31. The molecule has 1 N–H and O–H groups in total. The third kappa shape index (κ3) is 2.60. The van der Waals surface area contributed by atoms with Crippen LogP contribution in [0, 0.1) is 12.7 Å². The molecular weight excluding hydrogens is 255 g/mol. The molecule has 2 nitrogen and oxygen atoms in total. The first kappa shape index (κ1) is 13.3. The van der Waals surface area contributed by atoms with E-state index in [4.69, 9.17) is 4.74 Å². The number of aliphatic hydroxyl groups is 1. The van der Waals surface area contributed by atoms with Crippen molar-refractivity contribution in [3.8, 4) is 0 Å². The van der Waals surface area contributed by atoms with Gasteiger partial charge in [-0.1, -0.05) is 24.3 Å². The zero-order valence-corrected chi connectivity index (χ0v) is 11.4. The highest BCUT2D eigenvalue weighted by atomic mass is 19.1. The SMILES string of the molecule is Cc1cc(F)ccc1CC(O)c1ccc2c(c1)COC2. The van der Waals surface area contributed by atoms with E-state index in [9.17, 15) is 9.50 Å². The van der Waals surface area contributed by atoms with Gasteiger partial charge in [0.25, 0.3) is 0 Å². The minimum atomic E-state index is -0.579. The maximum atomic E-state index is 13.1. The van der Waals surface area contributed by atoms with Gasteiger partial charge in [0.1, 0.15) is 5.82 Å². The fourth-order valence-electron chi connectivity index (χ4n) is 2.61. The van der Waals surface area contributed by atoms with Crippen molar-refractivity contribution in [3.05, 3.63) is 70.0 Å². The molecule has 0 aromatic heterocycles. The van der Waals surface area contributed by atoms with Gasteiger partial charge < -0.3 is 9.84 Å². The van der Waals surface area contributed by atoms with Gasteiger partial charge in [0.05, 0.1) is 19.3 Å². The second kappa shape index (κ2) is 5.35. The van der Waals surface area contributed by atoms with Crippen molar-refractivity contribution in [2.75, 3.05) is 0 Å². The summed E-state index contributed by atoms with van der Waals surface area (Å²) >= 11 is 0. The molecule has 104 valence electrons. The van der Waals surface area contributed by atoms with Crippen LogP contribution in [-0.2, 0) is 24.4 Å². The van der Waals surface area contributed by atoms with Gasteiger partial charge in [-0.2, -0.15) is 0 Å². The van der Waals surface area contributed by atoms with Gasteiger partial charge in [-0.15, -0.1) is 0 Å². The summed E-state index contributed by atoms with van der Waals surface area (Å²) in [4.78, 5) is 0. The van der Waals surface area contributed by atoms with Gasteiger partial charge in [0, 0.05) is 6.42 Å². The molecule has 2 aromatic carbocycles. The number of aryl methyl sites for hydroxylation is 1. The molecule has 1 unspecified atom stereocenters. The molecule has 1 aliphatic heterocycles. The number of ether oxygens (including phenoxy) is 1. The normalized spacial score (nSPS) is 15.2. The standard InChI is InChI=1S/C17H17FO2/c1-11-6-16(18)5-4-12(11)8-17(19)13-2-3-14-9-20-10-15(14)7-13/h2-7,17,19H,8-10H2,1H3. The predicted molar refractivity (Wildman–Crippen MR) is 74.7 cm³/mol. The Hall–Kier alpha value is -1.71. The summed E-state index contributed by atoms with van der Waals surface area (Å²) < 4.78 is 18.5. The first-order chi connectivity index (χ1) is 9.63. The van der Waals surface area contributed by atoms with Crippen LogP contribution < -0.4 is 0 Å². The maximum Gasteiger partial charge on any atom is 0.123 e. The molecule has 0 saturated carbocycles. The molecule has 1 aliphatic rings. The zero-order chi connectivity index (χ0) is 14.1. The summed E-state index contributed by atoms with van der Waals surface area (Å²) in [6.07, 6.45) is -0.0868. The largest absolute Gasteiger partial charge is 0.388 e. The molecular formula is C17H17FO2. The van der Waals surface area contributed by atoms with Gasteiger partial charge in [0.2, 0.25) is 0 Å². The third-order valence-electron chi connectivity index (χ3n) is 3.85. The molecule has 2 aromatic rings. The fraction of sp³-hybridized carbons (Fsp3) is 0.294. The molecule has 1 atom stereocenters. The first-order valence-corrected chi connectivity index (χ1v) is 6.76. The third-order valence-corrected chi connectivity index (χ3v) is 3.85. The van der Waals surface area contributed by atoms with Crippen LogP contribution in [0.3, 0.4) is 0 Å². The predicted octanol–water partition coefficient (Wildman–Crippen LogP) is 3.44. The Labute approximate surface area is 117 Å². The van der Waals surface area contributed by atoms with Crippen LogP contribution in [0.4, 0.5) is 4.39 Å². The van der Waals surface area contributed by atoms with Crippen molar-refractivity contribution in [3.63, 3.8) is 0 Å². The minimum Gasteiger partial charge on any atom is -0.388 e. The number of hydrogen-bond acceptors (Lipinski definition) is 2. The lowest BCUT2D eigenvalue weighted by atomic mass is 9.96. The fourth-order valence-corrected chi connectivity index (χ4v) is 2.61. The Morgan fingerprint density at radius 1 is 1.15 bits per heavy atom. The maximum absolute atomic E-state index is 13.1. The van der Waals surface area contributed by atoms with Crippen LogP contribution in [0.15, 0.2) is 36.4 Å². The van der Waals surface area contributed by atoms with Crippen LogP contribution in [-0.4, -0.2) is 5.11 Å². The molecule has 0 spiro atoms. The first-order valence-electron chi connectivity index (χ1n) is 6.76.